The first kappa shape index (κ1) is 19.5. The topological polar surface area (TPSA) is 63.9 Å². The molecule has 146 valence electrons. The van der Waals surface area contributed by atoms with Gasteiger partial charge in [0.05, 0.1) is 13.2 Å². The van der Waals surface area contributed by atoms with Gasteiger partial charge in [-0.3, -0.25) is 9.69 Å². The Morgan fingerprint density at radius 3 is 2.59 bits per heavy atom. The molecule has 0 spiro atoms. The molecule has 2 heterocycles. The maximum absolute atomic E-state index is 12.9. The molecule has 0 saturated heterocycles. The van der Waals surface area contributed by atoms with E-state index in [1.54, 1.807) is 0 Å². The molecule has 6 heteroatoms. The molecule has 0 unspecified atom stereocenters. The number of benzene rings is 1. The molecule has 1 aromatic heterocycles. The first-order valence-electron chi connectivity index (χ1n) is 9.50. The van der Waals surface area contributed by atoms with Crippen molar-refractivity contribution >= 4 is 5.78 Å². The van der Waals surface area contributed by atoms with Crippen molar-refractivity contribution < 1.29 is 19.4 Å². The van der Waals surface area contributed by atoms with Crippen LogP contribution in [0, 0.1) is 13.8 Å². The number of rotatable bonds is 8. The van der Waals surface area contributed by atoms with Crippen LogP contribution in [0.4, 0.5) is 0 Å². The number of carbonyl (C=O) groups is 1. The molecule has 3 rings (SSSR count). The van der Waals surface area contributed by atoms with Gasteiger partial charge >= 0.3 is 0 Å². The van der Waals surface area contributed by atoms with Crippen LogP contribution in [-0.2, 0) is 0 Å². The van der Waals surface area contributed by atoms with Gasteiger partial charge in [0.2, 0.25) is 0 Å². The minimum absolute atomic E-state index is 0.0590. The van der Waals surface area contributed by atoms with Gasteiger partial charge in [0.15, 0.2) is 17.3 Å². The van der Waals surface area contributed by atoms with Crippen LogP contribution in [0.15, 0.2) is 24.3 Å². The number of hydrogen-bond acceptors (Lipinski definition) is 5. The number of aromatic nitrogens is 1. The molecule has 27 heavy (non-hydrogen) atoms. The average molecular weight is 372 g/mol. The zero-order valence-electron chi connectivity index (χ0n) is 16.3. The molecule has 0 radical (unpaired) electrons. The summed E-state index contributed by atoms with van der Waals surface area (Å²) in [6, 6.07) is 7.79. The molecule has 0 fully saturated rings. The van der Waals surface area contributed by atoms with Gasteiger partial charge in [0, 0.05) is 35.2 Å². The van der Waals surface area contributed by atoms with E-state index in [-0.39, 0.29) is 12.4 Å². The van der Waals surface area contributed by atoms with Gasteiger partial charge in [-0.15, -0.1) is 0 Å². The van der Waals surface area contributed by atoms with Crippen LogP contribution in [-0.4, -0.2) is 59.8 Å². The average Bonchev–Trinajstić information content (AvgIpc) is 2.96. The third-order valence-electron chi connectivity index (χ3n) is 4.84. The zero-order valence-corrected chi connectivity index (χ0v) is 16.3. The Bertz CT molecular complexity index is 807. The minimum atomic E-state index is 0.0590. The maximum Gasteiger partial charge on any atom is 0.178 e. The summed E-state index contributed by atoms with van der Waals surface area (Å²) in [5, 5.41) is 9.22. The van der Waals surface area contributed by atoms with Gasteiger partial charge in [0.1, 0.15) is 13.2 Å². The van der Waals surface area contributed by atoms with Crippen LogP contribution < -0.4 is 9.47 Å². The SMILES string of the molecule is CCCN(CCO)CC(=O)c1cc(C)n(-c2ccc3c(c2)OCCO3)c1C. The fourth-order valence-electron chi connectivity index (χ4n) is 3.63. The molecule has 0 amide bonds. The van der Waals surface area contributed by atoms with E-state index < -0.39 is 0 Å². The highest BCUT2D eigenvalue weighted by atomic mass is 16.6. The second kappa shape index (κ2) is 8.59. The van der Waals surface area contributed by atoms with Gasteiger partial charge in [-0.2, -0.15) is 0 Å². The Balaban J connectivity index is 1.87. The van der Waals surface area contributed by atoms with Crippen LogP contribution in [0.25, 0.3) is 5.69 Å². The van der Waals surface area contributed by atoms with Crippen molar-refractivity contribution in [2.75, 3.05) is 39.5 Å². The summed E-state index contributed by atoms with van der Waals surface area (Å²) in [4.78, 5) is 14.9. The number of aliphatic hydroxyl groups is 1. The molecule has 1 aliphatic heterocycles. The number of fused-ring (bicyclic) bond motifs is 1. The third kappa shape index (κ3) is 4.17. The molecular formula is C21H28N2O4. The Morgan fingerprint density at radius 2 is 1.89 bits per heavy atom. The number of carbonyl (C=O) groups excluding carboxylic acids is 1. The van der Waals surface area contributed by atoms with Gasteiger partial charge < -0.3 is 19.1 Å². The first-order chi connectivity index (χ1) is 13.0. The van der Waals surface area contributed by atoms with Crippen molar-refractivity contribution in [3.8, 4) is 17.2 Å². The lowest BCUT2D eigenvalue weighted by molar-refractivity contribution is 0.0914. The van der Waals surface area contributed by atoms with Crippen LogP contribution >= 0.6 is 0 Å². The molecule has 1 N–H and O–H groups in total. The standard InChI is InChI=1S/C21H28N2O4/c1-4-7-22(8-9-24)14-19(25)18-12-15(2)23(16(18)3)17-5-6-20-21(13-17)27-11-10-26-20/h5-6,12-13,24H,4,7-11,14H2,1-3H3. The lowest BCUT2D eigenvalue weighted by atomic mass is 10.1. The summed E-state index contributed by atoms with van der Waals surface area (Å²) in [7, 11) is 0. The maximum atomic E-state index is 12.9. The molecule has 6 nitrogen and oxygen atoms in total. The Labute approximate surface area is 160 Å². The van der Waals surface area contributed by atoms with Gasteiger partial charge in [-0.1, -0.05) is 6.92 Å². The summed E-state index contributed by atoms with van der Waals surface area (Å²) in [5.74, 6) is 1.56. The largest absolute Gasteiger partial charge is 0.486 e. The molecule has 1 aliphatic rings. The van der Waals surface area contributed by atoms with Crippen LogP contribution in [0.5, 0.6) is 11.5 Å². The van der Waals surface area contributed by atoms with Gasteiger partial charge in [-0.25, -0.2) is 0 Å². The smallest absolute Gasteiger partial charge is 0.178 e. The van der Waals surface area contributed by atoms with E-state index in [2.05, 4.69) is 11.5 Å². The summed E-state index contributed by atoms with van der Waals surface area (Å²) >= 11 is 0. The Morgan fingerprint density at radius 1 is 1.15 bits per heavy atom. The predicted molar refractivity (Wildman–Crippen MR) is 104 cm³/mol. The zero-order chi connectivity index (χ0) is 19.4. The van der Waals surface area contributed by atoms with Crippen molar-refractivity contribution in [2.45, 2.75) is 27.2 Å². The number of ether oxygens (including phenoxy) is 2. The highest BCUT2D eigenvalue weighted by Gasteiger charge is 2.20. The van der Waals surface area contributed by atoms with Crippen LogP contribution in [0.2, 0.25) is 0 Å². The summed E-state index contributed by atoms with van der Waals surface area (Å²) in [5.41, 5.74) is 3.59. The molecule has 1 aromatic carbocycles. The number of aryl methyl sites for hydroxylation is 1. The first-order valence-corrected chi connectivity index (χ1v) is 9.50. The fourth-order valence-corrected chi connectivity index (χ4v) is 3.63. The van der Waals surface area contributed by atoms with Crippen molar-refractivity contribution in [3.63, 3.8) is 0 Å². The Hall–Kier alpha value is -2.31. The van der Waals surface area contributed by atoms with Gasteiger partial charge in [-0.05, 0) is 45.0 Å². The second-order valence-corrected chi connectivity index (χ2v) is 6.87. The Kier molecular flexibility index (Phi) is 6.19. The predicted octanol–water partition coefficient (Wildman–Crippen LogP) is 2.75. The third-order valence-corrected chi connectivity index (χ3v) is 4.84. The van der Waals surface area contributed by atoms with Crippen molar-refractivity contribution in [2.24, 2.45) is 0 Å². The highest BCUT2D eigenvalue weighted by molar-refractivity contribution is 5.99. The summed E-state index contributed by atoms with van der Waals surface area (Å²) in [6.07, 6.45) is 0.948. The monoisotopic (exact) mass is 372 g/mol. The van der Waals surface area contributed by atoms with E-state index in [1.807, 2.05) is 43.0 Å². The van der Waals surface area contributed by atoms with Crippen LogP contribution in [0.1, 0.15) is 35.1 Å². The molecule has 0 aliphatic carbocycles. The van der Waals surface area contributed by atoms with E-state index >= 15 is 0 Å². The van der Waals surface area contributed by atoms with Gasteiger partial charge in [0.25, 0.3) is 0 Å². The molecule has 0 atom stereocenters. The van der Waals surface area contributed by atoms with E-state index in [9.17, 15) is 9.90 Å². The van der Waals surface area contributed by atoms with Crippen LogP contribution in [0.3, 0.4) is 0 Å². The minimum Gasteiger partial charge on any atom is -0.486 e. The number of hydrogen-bond donors (Lipinski definition) is 1. The fraction of sp³-hybridized carbons (Fsp3) is 0.476. The molecule has 2 aromatic rings. The van der Waals surface area contributed by atoms with Crippen molar-refractivity contribution in [1.29, 1.82) is 0 Å². The van der Waals surface area contributed by atoms with E-state index in [1.165, 1.54) is 0 Å². The normalized spacial score (nSPS) is 13.2. The number of nitrogens with zero attached hydrogens (tertiary/aromatic N) is 2. The number of Topliss-reactive ketones (excluding diaryl/α,β-unsaturated/α-hetero) is 1. The van der Waals surface area contributed by atoms with Crippen molar-refractivity contribution in [3.05, 3.63) is 41.2 Å². The second-order valence-electron chi connectivity index (χ2n) is 6.87. The number of ketones is 1. The van der Waals surface area contributed by atoms with E-state index in [4.69, 9.17) is 9.47 Å². The number of aliphatic hydroxyl groups excluding tert-OH is 1. The summed E-state index contributed by atoms with van der Waals surface area (Å²) < 4.78 is 13.4. The van der Waals surface area contributed by atoms with E-state index in [0.717, 1.165) is 47.1 Å². The van der Waals surface area contributed by atoms with Crippen molar-refractivity contribution in [1.82, 2.24) is 9.47 Å². The lowest BCUT2D eigenvalue weighted by Crippen LogP contribution is -2.33. The quantitative estimate of drug-likeness (QED) is 0.722. The summed E-state index contributed by atoms with van der Waals surface area (Å²) in [6.45, 7) is 8.83. The molecular weight excluding hydrogens is 344 g/mol. The molecule has 0 saturated carbocycles. The lowest BCUT2D eigenvalue weighted by Gasteiger charge is -2.20. The molecule has 0 bridgehead atoms. The highest BCUT2D eigenvalue weighted by Crippen LogP contribution is 2.33. The van der Waals surface area contributed by atoms with E-state index in [0.29, 0.717) is 26.3 Å².